The number of hydrogen-bond donors (Lipinski definition) is 0. The van der Waals surface area contributed by atoms with Gasteiger partial charge in [0.05, 0.1) is 5.52 Å². The minimum atomic E-state index is 0.873. The molecule has 3 rings (SSSR count). The van der Waals surface area contributed by atoms with E-state index in [0.717, 1.165) is 54.1 Å². The zero-order valence-electron chi connectivity index (χ0n) is 9.99. The minimum absolute atomic E-state index is 0.873. The van der Waals surface area contributed by atoms with E-state index in [4.69, 9.17) is 4.98 Å². The van der Waals surface area contributed by atoms with E-state index in [1.807, 2.05) is 12.1 Å². The van der Waals surface area contributed by atoms with Gasteiger partial charge in [-0.1, -0.05) is 25.1 Å². The van der Waals surface area contributed by atoms with Gasteiger partial charge in [0.15, 0.2) is 6.29 Å². The molecule has 17 heavy (non-hydrogen) atoms. The number of fused-ring (bicyclic) bond motifs is 2. The molecule has 0 fully saturated rings. The molecule has 0 unspecified atom stereocenters. The van der Waals surface area contributed by atoms with Gasteiger partial charge in [-0.3, -0.25) is 9.78 Å². The van der Waals surface area contributed by atoms with Crippen molar-refractivity contribution < 1.29 is 4.79 Å². The number of carbonyl (C=O) groups excluding carboxylic acids is 1. The molecule has 1 aromatic carbocycles. The molecule has 0 bridgehead atoms. The lowest BCUT2D eigenvalue weighted by Gasteiger charge is -2.10. The van der Waals surface area contributed by atoms with Crippen molar-refractivity contribution in [2.75, 3.05) is 0 Å². The maximum absolute atomic E-state index is 11.4. The highest BCUT2D eigenvalue weighted by Crippen LogP contribution is 2.30. The number of carbonyl (C=O) groups is 1. The van der Waals surface area contributed by atoms with Gasteiger partial charge in [-0.25, -0.2) is 0 Å². The van der Waals surface area contributed by atoms with Gasteiger partial charge in [0, 0.05) is 16.6 Å². The van der Waals surface area contributed by atoms with Crippen LogP contribution in [0.1, 0.15) is 40.5 Å². The molecular formula is C15H15NO. The third-order valence-corrected chi connectivity index (χ3v) is 3.67. The Labute approximate surface area is 101 Å². The molecule has 1 aliphatic rings. The van der Waals surface area contributed by atoms with Crippen molar-refractivity contribution in [3.63, 3.8) is 0 Å². The van der Waals surface area contributed by atoms with Crippen LogP contribution in [0, 0.1) is 0 Å². The molecule has 0 aliphatic heterocycles. The predicted molar refractivity (Wildman–Crippen MR) is 68.5 cm³/mol. The number of aryl methyl sites for hydroxylation is 2. The van der Waals surface area contributed by atoms with Crippen LogP contribution in [0.15, 0.2) is 18.2 Å². The summed E-state index contributed by atoms with van der Waals surface area (Å²) in [5, 5.41) is 1.03. The second-order valence-corrected chi connectivity index (χ2v) is 4.59. The smallest absolute Gasteiger partial charge is 0.151 e. The number of pyridine rings is 1. The van der Waals surface area contributed by atoms with Gasteiger partial charge < -0.3 is 0 Å². The quantitative estimate of drug-likeness (QED) is 0.735. The Morgan fingerprint density at radius 3 is 3.00 bits per heavy atom. The summed E-state index contributed by atoms with van der Waals surface area (Å²) in [6.07, 6.45) is 5.11. The first-order valence-electron chi connectivity index (χ1n) is 6.23. The number of aromatic nitrogens is 1. The standard InChI is InChI=1S/C15H15NO/c1-2-10-5-3-7-12-13(9-17)11-6-4-8-14(11)16-15(10)12/h3,5,7,9H,2,4,6,8H2,1H3. The molecule has 0 radical (unpaired) electrons. The van der Waals surface area contributed by atoms with Gasteiger partial charge in [-0.05, 0) is 36.8 Å². The summed E-state index contributed by atoms with van der Waals surface area (Å²) < 4.78 is 0. The molecule has 2 aromatic rings. The number of nitrogens with zero attached hydrogens (tertiary/aromatic N) is 1. The number of aldehydes is 1. The minimum Gasteiger partial charge on any atom is -0.298 e. The van der Waals surface area contributed by atoms with E-state index >= 15 is 0 Å². The molecule has 1 aromatic heterocycles. The van der Waals surface area contributed by atoms with Crippen LogP contribution in [-0.2, 0) is 19.3 Å². The van der Waals surface area contributed by atoms with E-state index in [1.54, 1.807) is 0 Å². The van der Waals surface area contributed by atoms with Gasteiger partial charge in [-0.2, -0.15) is 0 Å². The molecule has 1 heterocycles. The van der Waals surface area contributed by atoms with Crippen LogP contribution >= 0.6 is 0 Å². The summed E-state index contributed by atoms with van der Waals surface area (Å²) in [5.41, 5.74) is 5.46. The van der Waals surface area contributed by atoms with Crippen molar-refractivity contribution in [3.8, 4) is 0 Å². The van der Waals surface area contributed by atoms with Crippen LogP contribution in [-0.4, -0.2) is 11.3 Å². The van der Waals surface area contributed by atoms with E-state index in [-0.39, 0.29) is 0 Å². The average Bonchev–Trinajstić information content (AvgIpc) is 2.82. The highest BCUT2D eigenvalue weighted by molar-refractivity contribution is 5.99. The second kappa shape index (κ2) is 3.95. The lowest BCUT2D eigenvalue weighted by Crippen LogP contribution is -1.99. The average molecular weight is 225 g/mol. The van der Waals surface area contributed by atoms with E-state index in [2.05, 4.69) is 13.0 Å². The maximum atomic E-state index is 11.4. The summed E-state index contributed by atoms with van der Waals surface area (Å²) in [5.74, 6) is 0. The summed E-state index contributed by atoms with van der Waals surface area (Å²) in [7, 11) is 0. The van der Waals surface area contributed by atoms with Crippen LogP contribution in [0.25, 0.3) is 10.9 Å². The zero-order chi connectivity index (χ0) is 11.8. The Morgan fingerprint density at radius 2 is 2.24 bits per heavy atom. The number of benzene rings is 1. The van der Waals surface area contributed by atoms with E-state index < -0.39 is 0 Å². The van der Waals surface area contributed by atoms with Crippen molar-refractivity contribution in [2.24, 2.45) is 0 Å². The Balaban J connectivity index is 2.44. The van der Waals surface area contributed by atoms with Crippen LogP contribution in [0.5, 0.6) is 0 Å². The topological polar surface area (TPSA) is 30.0 Å². The Hall–Kier alpha value is -1.70. The van der Waals surface area contributed by atoms with Crippen LogP contribution < -0.4 is 0 Å². The monoisotopic (exact) mass is 225 g/mol. The lowest BCUT2D eigenvalue weighted by atomic mass is 9.99. The zero-order valence-corrected chi connectivity index (χ0v) is 9.99. The lowest BCUT2D eigenvalue weighted by molar-refractivity contribution is 0.112. The Bertz CT molecular complexity index is 601. The number of hydrogen-bond acceptors (Lipinski definition) is 2. The second-order valence-electron chi connectivity index (χ2n) is 4.59. The molecule has 0 N–H and O–H groups in total. The van der Waals surface area contributed by atoms with Crippen molar-refractivity contribution in [1.29, 1.82) is 0 Å². The molecule has 1 aliphatic carbocycles. The highest BCUT2D eigenvalue weighted by atomic mass is 16.1. The first kappa shape index (κ1) is 10.5. The van der Waals surface area contributed by atoms with E-state index in [9.17, 15) is 4.79 Å². The van der Waals surface area contributed by atoms with E-state index in [1.165, 1.54) is 11.1 Å². The number of rotatable bonds is 2. The summed E-state index contributed by atoms with van der Waals surface area (Å²) in [4.78, 5) is 16.1. The molecular weight excluding hydrogens is 210 g/mol. The van der Waals surface area contributed by atoms with Gasteiger partial charge in [0.1, 0.15) is 0 Å². The fraction of sp³-hybridized carbons (Fsp3) is 0.333. The largest absolute Gasteiger partial charge is 0.298 e. The Morgan fingerprint density at radius 1 is 1.35 bits per heavy atom. The van der Waals surface area contributed by atoms with Crippen molar-refractivity contribution in [3.05, 3.63) is 40.6 Å². The molecule has 0 amide bonds. The highest BCUT2D eigenvalue weighted by Gasteiger charge is 2.19. The maximum Gasteiger partial charge on any atom is 0.151 e. The SMILES string of the molecule is CCc1cccc2c(C=O)c3c(nc12)CCC3. The van der Waals surface area contributed by atoms with Gasteiger partial charge in [-0.15, -0.1) is 0 Å². The molecule has 2 heteroatoms. The first-order chi connectivity index (χ1) is 8.35. The normalized spacial score (nSPS) is 13.9. The van der Waals surface area contributed by atoms with Crippen molar-refractivity contribution in [1.82, 2.24) is 4.98 Å². The summed E-state index contributed by atoms with van der Waals surface area (Å²) in [6, 6.07) is 6.15. The van der Waals surface area contributed by atoms with Crippen molar-refractivity contribution in [2.45, 2.75) is 32.6 Å². The summed E-state index contributed by atoms with van der Waals surface area (Å²) in [6.45, 7) is 2.13. The number of para-hydroxylation sites is 1. The molecule has 2 nitrogen and oxygen atoms in total. The van der Waals surface area contributed by atoms with Crippen LogP contribution in [0.2, 0.25) is 0 Å². The third-order valence-electron chi connectivity index (χ3n) is 3.67. The van der Waals surface area contributed by atoms with Crippen LogP contribution in [0.4, 0.5) is 0 Å². The van der Waals surface area contributed by atoms with Crippen LogP contribution in [0.3, 0.4) is 0 Å². The predicted octanol–water partition coefficient (Wildman–Crippen LogP) is 3.10. The Kier molecular flexibility index (Phi) is 2.43. The fourth-order valence-electron chi connectivity index (χ4n) is 2.80. The van der Waals surface area contributed by atoms with Crippen molar-refractivity contribution >= 4 is 17.2 Å². The molecule has 0 atom stereocenters. The van der Waals surface area contributed by atoms with Gasteiger partial charge in [0.2, 0.25) is 0 Å². The summed E-state index contributed by atoms with van der Waals surface area (Å²) >= 11 is 0. The van der Waals surface area contributed by atoms with Gasteiger partial charge in [0.25, 0.3) is 0 Å². The first-order valence-corrected chi connectivity index (χ1v) is 6.23. The van der Waals surface area contributed by atoms with E-state index in [0.29, 0.717) is 0 Å². The molecule has 86 valence electrons. The van der Waals surface area contributed by atoms with Gasteiger partial charge >= 0.3 is 0 Å². The third kappa shape index (κ3) is 1.47. The molecule has 0 spiro atoms. The molecule has 0 saturated carbocycles. The molecule has 0 saturated heterocycles. The fourth-order valence-corrected chi connectivity index (χ4v) is 2.80.